The van der Waals surface area contributed by atoms with Crippen LogP contribution in [0.5, 0.6) is 0 Å². The van der Waals surface area contributed by atoms with Crippen molar-refractivity contribution in [1.29, 1.82) is 0 Å². The summed E-state index contributed by atoms with van der Waals surface area (Å²) in [5.74, 6) is 0.656. The Morgan fingerprint density at radius 1 is 1.53 bits per heavy atom. The van der Waals surface area contributed by atoms with Gasteiger partial charge in [0.15, 0.2) is 0 Å². The molecule has 2 aromatic heterocycles. The van der Waals surface area contributed by atoms with Crippen LogP contribution in [0.25, 0.3) is 11.3 Å². The van der Waals surface area contributed by atoms with Gasteiger partial charge in [-0.3, -0.25) is 4.68 Å². The van der Waals surface area contributed by atoms with Crippen molar-refractivity contribution < 1.29 is 0 Å². The lowest BCUT2D eigenvalue weighted by Gasteiger charge is -2.04. The van der Waals surface area contributed by atoms with Crippen molar-refractivity contribution in [1.82, 2.24) is 14.8 Å². The SMILES string of the molecule is Cc1nn(C)cc1-c1csc(C(N)C2CC2)n1. The maximum Gasteiger partial charge on any atom is 0.110 e. The fraction of sp³-hybridized carbons (Fsp3) is 0.500. The third kappa shape index (κ3) is 2.00. The summed E-state index contributed by atoms with van der Waals surface area (Å²) in [7, 11) is 1.93. The Hall–Kier alpha value is -1.20. The van der Waals surface area contributed by atoms with E-state index in [-0.39, 0.29) is 6.04 Å². The first-order valence-corrected chi connectivity index (χ1v) is 6.74. The second-order valence-corrected chi connectivity index (χ2v) is 5.63. The van der Waals surface area contributed by atoms with Gasteiger partial charge < -0.3 is 5.73 Å². The van der Waals surface area contributed by atoms with Crippen molar-refractivity contribution >= 4 is 11.3 Å². The first-order valence-electron chi connectivity index (χ1n) is 5.87. The molecule has 1 unspecified atom stereocenters. The summed E-state index contributed by atoms with van der Waals surface area (Å²) in [5.41, 5.74) is 9.30. The van der Waals surface area contributed by atoms with Crippen LogP contribution in [0.4, 0.5) is 0 Å². The minimum Gasteiger partial charge on any atom is -0.322 e. The first kappa shape index (κ1) is 10.9. The van der Waals surface area contributed by atoms with E-state index < -0.39 is 0 Å². The molecule has 1 aliphatic rings. The number of aromatic nitrogens is 3. The Kier molecular flexibility index (Phi) is 2.52. The molecule has 3 rings (SSSR count). The van der Waals surface area contributed by atoms with Crippen LogP contribution in [0.3, 0.4) is 0 Å². The average molecular weight is 248 g/mol. The molecule has 1 aliphatic carbocycles. The highest BCUT2D eigenvalue weighted by Gasteiger charge is 2.31. The van der Waals surface area contributed by atoms with Gasteiger partial charge in [-0.1, -0.05) is 0 Å². The van der Waals surface area contributed by atoms with Crippen LogP contribution >= 0.6 is 11.3 Å². The molecule has 5 heteroatoms. The highest BCUT2D eigenvalue weighted by molar-refractivity contribution is 7.10. The summed E-state index contributed by atoms with van der Waals surface area (Å²) in [6, 6.07) is 0.130. The van der Waals surface area contributed by atoms with Gasteiger partial charge in [-0.2, -0.15) is 5.10 Å². The van der Waals surface area contributed by atoms with Gasteiger partial charge >= 0.3 is 0 Å². The average Bonchev–Trinajstić information content (AvgIpc) is 2.93. The van der Waals surface area contributed by atoms with E-state index in [1.165, 1.54) is 12.8 Å². The van der Waals surface area contributed by atoms with Crippen LogP contribution < -0.4 is 5.73 Å². The predicted octanol–water partition coefficient (Wildman–Crippen LogP) is 2.26. The van der Waals surface area contributed by atoms with Gasteiger partial charge in [0.25, 0.3) is 0 Å². The van der Waals surface area contributed by atoms with Crippen molar-refractivity contribution in [2.24, 2.45) is 18.7 Å². The fourth-order valence-corrected chi connectivity index (χ4v) is 2.99. The van der Waals surface area contributed by atoms with Gasteiger partial charge in [0, 0.05) is 24.2 Å². The molecule has 0 radical (unpaired) electrons. The topological polar surface area (TPSA) is 56.7 Å². The number of hydrogen-bond donors (Lipinski definition) is 1. The Morgan fingerprint density at radius 3 is 2.88 bits per heavy atom. The van der Waals surface area contributed by atoms with Crippen LogP contribution in [0.1, 0.15) is 29.6 Å². The van der Waals surface area contributed by atoms with E-state index in [1.54, 1.807) is 11.3 Å². The predicted molar refractivity (Wildman–Crippen MR) is 68.7 cm³/mol. The second kappa shape index (κ2) is 3.92. The lowest BCUT2D eigenvalue weighted by atomic mass is 10.2. The van der Waals surface area contributed by atoms with Crippen molar-refractivity contribution in [2.75, 3.05) is 0 Å². The normalized spacial score (nSPS) is 17.4. The summed E-state index contributed by atoms with van der Waals surface area (Å²) in [6.45, 7) is 2.01. The molecule has 1 atom stereocenters. The number of nitrogens with two attached hydrogens (primary N) is 1. The van der Waals surface area contributed by atoms with E-state index >= 15 is 0 Å². The number of aryl methyl sites for hydroxylation is 2. The minimum absolute atomic E-state index is 0.130. The zero-order chi connectivity index (χ0) is 12.0. The summed E-state index contributed by atoms with van der Waals surface area (Å²) >= 11 is 1.67. The van der Waals surface area contributed by atoms with Gasteiger partial charge in [0.2, 0.25) is 0 Å². The molecular weight excluding hydrogens is 232 g/mol. The Labute approximate surface area is 104 Å². The van der Waals surface area contributed by atoms with Gasteiger partial charge in [0.1, 0.15) is 5.01 Å². The monoisotopic (exact) mass is 248 g/mol. The Morgan fingerprint density at radius 2 is 2.29 bits per heavy atom. The standard InChI is InChI=1S/C12H16N4S/c1-7-9(5-16(2)15-7)10-6-17-12(14-10)11(13)8-3-4-8/h5-6,8,11H,3-4,13H2,1-2H3. The van der Waals surface area contributed by atoms with Crippen molar-refractivity contribution in [2.45, 2.75) is 25.8 Å². The molecule has 0 bridgehead atoms. The smallest absolute Gasteiger partial charge is 0.110 e. The summed E-state index contributed by atoms with van der Waals surface area (Å²) < 4.78 is 1.82. The first-order chi connectivity index (χ1) is 8.15. The van der Waals surface area contributed by atoms with Crippen molar-refractivity contribution in [3.63, 3.8) is 0 Å². The number of hydrogen-bond acceptors (Lipinski definition) is 4. The maximum absolute atomic E-state index is 6.16. The van der Waals surface area contributed by atoms with E-state index in [0.717, 1.165) is 22.0 Å². The van der Waals surface area contributed by atoms with Crippen LogP contribution in [0.15, 0.2) is 11.6 Å². The molecule has 1 saturated carbocycles. The van der Waals surface area contributed by atoms with E-state index in [0.29, 0.717) is 5.92 Å². The fourth-order valence-electron chi connectivity index (χ4n) is 2.07. The lowest BCUT2D eigenvalue weighted by Crippen LogP contribution is -2.11. The van der Waals surface area contributed by atoms with Crippen LogP contribution in [-0.2, 0) is 7.05 Å². The van der Waals surface area contributed by atoms with Crippen molar-refractivity contribution in [3.8, 4) is 11.3 Å². The van der Waals surface area contributed by atoms with E-state index in [2.05, 4.69) is 15.5 Å². The summed E-state index contributed by atoms with van der Waals surface area (Å²) in [6.07, 6.45) is 4.51. The summed E-state index contributed by atoms with van der Waals surface area (Å²) in [5, 5.41) is 7.48. The molecular formula is C12H16N4S. The van der Waals surface area contributed by atoms with E-state index in [9.17, 15) is 0 Å². The molecule has 0 amide bonds. The molecule has 2 heterocycles. The third-order valence-electron chi connectivity index (χ3n) is 3.23. The minimum atomic E-state index is 0.130. The van der Waals surface area contributed by atoms with Crippen LogP contribution in [0.2, 0.25) is 0 Å². The third-order valence-corrected chi connectivity index (χ3v) is 4.17. The Balaban J connectivity index is 1.91. The molecule has 2 aromatic rings. The summed E-state index contributed by atoms with van der Waals surface area (Å²) in [4.78, 5) is 4.66. The molecule has 17 heavy (non-hydrogen) atoms. The second-order valence-electron chi connectivity index (χ2n) is 4.74. The quantitative estimate of drug-likeness (QED) is 0.906. The molecule has 0 aliphatic heterocycles. The molecule has 0 spiro atoms. The molecule has 1 fully saturated rings. The highest BCUT2D eigenvalue weighted by Crippen LogP contribution is 2.41. The highest BCUT2D eigenvalue weighted by atomic mass is 32.1. The zero-order valence-electron chi connectivity index (χ0n) is 10.1. The molecule has 90 valence electrons. The van der Waals surface area contributed by atoms with Gasteiger partial charge in [-0.25, -0.2) is 4.98 Å². The zero-order valence-corrected chi connectivity index (χ0v) is 10.9. The number of nitrogens with zero attached hydrogens (tertiary/aromatic N) is 3. The largest absolute Gasteiger partial charge is 0.322 e. The number of thiazole rings is 1. The Bertz CT molecular complexity index is 538. The molecule has 0 aromatic carbocycles. The molecule has 2 N–H and O–H groups in total. The molecule has 4 nitrogen and oxygen atoms in total. The lowest BCUT2D eigenvalue weighted by molar-refractivity contribution is 0.629. The number of rotatable bonds is 3. The van der Waals surface area contributed by atoms with Crippen molar-refractivity contribution in [3.05, 3.63) is 22.3 Å². The van der Waals surface area contributed by atoms with E-state index in [1.807, 2.05) is 24.9 Å². The van der Waals surface area contributed by atoms with Gasteiger partial charge in [0.05, 0.1) is 17.4 Å². The van der Waals surface area contributed by atoms with Crippen LogP contribution in [0, 0.1) is 12.8 Å². The van der Waals surface area contributed by atoms with Gasteiger partial charge in [-0.15, -0.1) is 11.3 Å². The van der Waals surface area contributed by atoms with Crippen LogP contribution in [-0.4, -0.2) is 14.8 Å². The van der Waals surface area contributed by atoms with Gasteiger partial charge in [-0.05, 0) is 25.7 Å². The maximum atomic E-state index is 6.16. The molecule has 0 saturated heterocycles. The van der Waals surface area contributed by atoms with E-state index in [4.69, 9.17) is 5.73 Å².